The molecule has 2 N–H and O–H groups in total. The van der Waals surface area contributed by atoms with E-state index in [1.165, 1.54) is 16.7 Å². The van der Waals surface area contributed by atoms with Crippen LogP contribution in [-0.2, 0) is 17.8 Å². The first kappa shape index (κ1) is 27.4. The molecule has 6 nitrogen and oxygen atoms in total. The Bertz CT molecular complexity index is 964. The summed E-state index contributed by atoms with van der Waals surface area (Å²) in [6, 6.07) is 21.3. The Kier molecular flexibility index (Phi) is 9.88. The van der Waals surface area contributed by atoms with Crippen LogP contribution in [0.5, 0.6) is 0 Å². The molecule has 3 atom stereocenters. The number of likely N-dealkylation sites (tertiary alicyclic amines) is 1. The van der Waals surface area contributed by atoms with Crippen molar-refractivity contribution in [2.45, 2.75) is 76.5 Å². The summed E-state index contributed by atoms with van der Waals surface area (Å²) in [5.74, 6) is 1.03. The van der Waals surface area contributed by atoms with Gasteiger partial charge in [-0.05, 0) is 61.9 Å². The zero-order chi connectivity index (χ0) is 26.2. The molecule has 0 amide bonds. The van der Waals surface area contributed by atoms with Gasteiger partial charge < -0.3 is 19.8 Å². The minimum atomic E-state index is -0.684. The summed E-state index contributed by atoms with van der Waals surface area (Å²) < 4.78 is 5.90. The first-order chi connectivity index (χ1) is 18.6. The van der Waals surface area contributed by atoms with Gasteiger partial charge in [0.05, 0.1) is 12.6 Å². The summed E-state index contributed by atoms with van der Waals surface area (Å²) in [4.78, 5) is 7.28. The molecule has 2 fully saturated rings. The monoisotopic (exact) mass is 519 g/mol. The van der Waals surface area contributed by atoms with Crippen LogP contribution in [0, 0.1) is 0 Å². The maximum atomic E-state index is 11.2. The fourth-order valence-corrected chi connectivity index (χ4v) is 6.29. The second-order valence-electron chi connectivity index (χ2n) is 11.3. The van der Waals surface area contributed by atoms with Crippen LogP contribution in [0.25, 0.3) is 0 Å². The Morgan fingerprint density at radius 3 is 2.11 bits per heavy atom. The van der Waals surface area contributed by atoms with Gasteiger partial charge in [-0.2, -0.15) is 0 Å². The molecule has 0 saturated carbocycles. The van der Waals surface area contributed by atoms with Crippen molar-refractivity contribution in [3.8, 4) is 0 Å². The molecule has 2 saturated heterocycles. The predicted molar refractivity (Wildman–Crippen MR) is 151 cm³/mol. The number of ether oxygens (including phenoxy) is 1. The third kappa shape index (κ3) is 7.67. The number of aliphatic hydroxyl groups excluding tert-OH is 2. The highest BCUT2D eigenvalue weighted by molar-refractivity contribution is 5.19. The Morgan fingerprint density at radius 1 is 0.868 bits per heavy atom. The number of piperidine rings is 2. The lowest BCUT2D eigenvalue weighted by atomic mass is 9.97. The number of rotatable bonds is 13. The molecule has 0 aliphatic carbocycles. The van der Waals surface area contributed by atoms with Gasteiger partial charge in [0, 0.05) is 45.2 Å². The average molecular weight is 520 g/mol. The highest BCUT2D eigenvalue weighted by Crippen LogP contribution is 2.29. The second kappa shape index (κ2) is 13.7. The lowest BCUT2D eigenvalue weighted by Crippen LogP contribution is -2.53. The predicted octanol–water partition coefficient (Wildman–Crippen LogP) is 4.38. The summed E-state index contributed by atoms with van der Waals surface area (Å²) in [5.41, 5.74) is 3.99. The zero-order valence-corrected chi connectivity index (χ0v) is 22.8. The molecular weight excluding hydrogens is 474 g/mol. The molecule has 4 aliphatic rings. The topological polar surface area (TPSA) is 59.4 Å². The Hall–Kier alpha value is -2.22. The molecule has 2 bridgehead atoms. The fourth-order valence-electron chi connectivity index (χ4n) is 6.29. The minimum absolute atomic E-state index is 0.153. The van der Waals surface area contributed by atoms with Crippen molar-refractivity contribution in [3.05, 3.63) is 83.1 Å². The van der Waals surface area contributed by atoms with Gasteiger partial charge in [0.25, 0.3) is 0 Å². The van der Waals surface area contributed by atoms with Crippen molar-refractivity contribution >= 4 is 0 Å². The minimum Gasteiger partial charge on any atom is -0.468 e. The van der Waals surface area contributed by atoms with Crippen LogP contribution in [0.15, 0.2) is 72.0 Å². The van der Waals surface area contributed by atoms with E-state index in [0.717, 1.165) is 96.6 Å². The quantitative estimate of drug-likeness (QED) is 0.303. The van der Waals surface area contributed by atoms with Crippen LogP contribution in [0.3, 0.4) is 0 Å². The molecular formula is C32H45N3O3. The van der Waals surface area contributed by atoms with E-state index in [4.69, 9.17) is 4.74 Å². The molecule has 6 rings (SSSR count). The van der Waals surface area contributed by atoms with E-state index in [1.54, 1.807) is 0 Å². The van der Waals surface area contributed by atoms with Gasteiger partial charge in [-0.15, -0.1) is 0 Å². The normalized spacial score (nSPS) is 23.2. The molecule has 2 aromatic carbocycles. The summed E-state index contributed by atoms with van der Waals surface area (Å²) >= 11 is 0. The van der Waals surface area contributed by atoms with E-state index in [-0.39, 0.29) is 12.1 Å². The fraction of sp³-hybridized carbons (Fsp3) is 0.562. The molecule has 0 spiro atoms. The number of nitrogens with zero attached hydrogens (tertiary/aromatic N) is 3. The first-order valence-corrected chi connectivity index (χ1v) is 14.6. The van der Waals surface area contributed by atoms with Gasteiger partial charge in [-0.1, -0.05) is 67.1 Å². The van der Waals surface area contributed by atoms with Crippen LogP contribution >= 0.6 is 0 Å². The first-order valence-electron chi connectivity index (χ1n) is 14.6. The van der Waals surface area contributed by atoms with Gasteiger partial charge in [-0.25, -0.2) is 0 Å². The smallest absolute Gasteiger partial charge is 0.196 e. The Morgan fingerprint density at radius 2 is 1.53 bits per heavy atom. The van der Waals surface area contributed by atoms with Gasteiger partial charge >= 0.3 is 0 Å². The third-order valence-electron chi connectivity index (χ3n) is 8.48. The number of unbranched alkanes of at least 4 members (excludes halogenated alkanes) is 2. The lowest BCUT2D eigenvalue weighted by molar-refractivity contribution is -0.0811. The molecule has 206 valence electrons. The lowest BCUT2D eigenvalue weighted by Gasteiger charge is -2.42. The van der Waals surface area contributed by atoms with Crippen molar-refractivity contribution in [3.63, 3.8) is 0 Å². The van der Waals surface area contributed by atoms with Gasteiger partial charge in [-0.3, -0.25) is 9.80 Å². The van der Waals surface area contributed by atoms with Crippen molar-refractivity contribution in [1.82, 2.24) is 14.7 Å². The van der Waals surface area contributed by atoms with E-state index in [0.29, 0.717) is 6.42 Å². The van der Waals surface area contributed by atoms with E-state index < -0.39 is 6.29 Å². The third-order valence-corrected chi connectivity index (χ3v) is 8.48. The van der Waals surface area contributed by atoms with E-state index in [1.807, 2.05) is 0 Å². The highest BCUT2D eigenvalue weighted by Gasteiger charge is 2.32. The van der Waals surface area contributed by atoms with Gasteiger partial charge in [0.15, 0.2) is 6.29 Å². The van der Waals surface area contributed by atoms with Crippen LogP contribution in [0.4, 0.5) is 0 Å². The molecule has 38 heavy (non-hydrogen) atoms. The van der Waals surface area contributed by atoms with Crippen molar-refractivity contribution in [1.29, 1.82) is 0 Å². The highest BCUT2D eigenvalue weighted by atomic mass is 16.6. The largest absolute Gasteiger partial charge is 0.468 e. The average Bonchev–Trinajstić information content (AvgIpc) is 2.94. The van der Waals surface area contributed by atoms with Crippen LogP contribution < -0.4 is 0 Å². The van der Waals surface area contributed by atoms with Crippen LogP contribution in [-0.4, -0.2) is 82.6 Å². The standard InChI is InChI=1S/C32H45N3O3/c36-30-24-33(18-9-3-8-14-32(37)38-31-25-34-19-15-28(31)16-20-34)21-17-29(30)35(22-26-10-4-1-5-11-26)23-27-12-6-2-7-13-27/h1-2,4-7,10-13,29-30,32,36-37H,3,8-9,14-25H2/t29-,30+,32?/m1/s1. The molecule has 1 unspecified atom stereocenters. The van der Waals surface area contributed by atoms with Crippen molar-refractivity contribution in [2.24, 2.45) is 0 Å². The molecule has 6 heteroatoms. The van der Waals surface area contributed by atoms with E-state index in [2.05, 4.69) is 75.4 Å². The van der Waals surface area contributed by atoms with Gasteiger partial charge in [0.1, 0.15) is 5.76 Å². The number of aliphatic hydroxyl groups is 2. The molecule has 2 aromatic rings. The maximum Gasteiger partial charge on any atom is 0.196 e. The summed E-state index contributed by atoms with van der Waals surface area (Å²) in [6.07, 6.45) is 5.94. The van der Waals surface area contributed by atoms with E-state index in [9.17, 15) is 10.2 Å². The number of benzene rings is 2. The maximum absolute atomic E-state index is 11.2. The van der Waals surface area contributed by atoms with Crippen molar-refractivity contribution < 1.29 is 14.9 Å². The van der Waals surface area contributed by atoms with Gasteiger partial charge in [0.2, 0.25) is 0 Å². The number of fused-ring (bicyclic) bond motifs is 3. The molecule has 4 aliphatic heterocycles. The van der Waals surface area contributed by atoms with Crippen LogP contribution in [0.2, 0.25) is 0 Å². The second-order valence-corrected chi connectivity index (χ2v) is 11.3. The molecule has 0 radical (unpaired) electrons. The molecule has 0 aromatic heterocycles. The number of β-amino-alcohol motifs (C(OH)–C–C–N with tert-alkyl or cyclic N) is 1. The Balaban J connectivity index is 1.04. The molecule has 4 heterocycles. The van der Waals surface area contributed by atoms with E-state index >= 15 is 0 Å². The zero-order valence-electron chi connectivity index (χ0n) is 22.8. The summed E-state index contributed by atoms with van der Waals surface area (Å²) in [5, 5.41) is 21.6. The number of hydrogen-bond donors (Lipinski definition) is 2. The Labute approximate surface area is 228 Å². The van der Waals surface area contributed by atoms with Crippen molar-refractivity contribution in [2.75, 3.05) is 39.3 Å². The summed E-state index contributed by atoms with van der Waals surface area (Å²) in [6.45, 7) is 7.59. The number of hydrogen-bond acceptors (Lipinski definition) is 6. The SMILES string of the molecule is OC(CCCCCN1CC[C@@H](N(Cc2ccccc2)Cc2ccccc2)[C@@H](O)C1)OC1=C2CCN(CC2)C1. The summed E-state index contributed by atoms with van der Waals surface area (Å²) in [7, 11) is 0. The van der Waals surface area contributed by atoms with Crippen LogP contribution in [0.1, 0.15) is 56.1 Å².